The van der Waals surface area contributed by atoms with Gasteiger partial charge in [0.1, 0.15) is 5.82 Å². The van der Waals surface area contributed by atoms with E-state index in [4.69, 9.17) is 0 Å². The second kappa shape index (κ2) is 7.36. The van der Waals surface area contributed by atoms with Crippen molar-refractivity contribution >= 4 is 15.9 Å². The minimum Gasteiger partial charge on any atom is -0.316 e. The van der Waals surface area contributed by atoms with Crippen LogP contribution in [0, 0.1) is 11.7 Å². The maximum Gasteiger partial charge on any atom is 0.127 e. The van der Waals surface area contributed by atoms with Gasteiger partial charge in [0.2, 0.25) is 0 Å². The minimum atomic E-state index is -0.108. The minimum absolute atomic E-state index is 0.108. The zero-order valence-corrected chi connectivity index (χ0v) is 13.0. The maximum atomic E-state index is 13.8. The van der Waals surface area contributed by atoms with Gasteiger partial charge in [-0.05, 0) is 56.6 Å². The van der Waals surface area contributed by atoms with E-state index >= 15 is 0 Å². The maximum absolute atomic E-state index is 13.8. The lowest BCUT2D eigenvalue weighted by Crippen LogP contribution is -2.38. The van der Waals surface area contributed by atoms with Crippen molar-refractivity contribution in [2.45, 2.75) is 26.3 Å². The number of rotatable bonds is 5. The monoisotopic (exact) mass is 328 g/mol. The topological polar surface area (TPSA) is 15.3 Å². The molecule has 106 valence electrons. The summed E-state index contributed by atoms with van der Waals surface area (Å²) in [5.74, 6) is 0.590. The van der Waals surface area contributed by atoms with Crippen molar-refractivity contribution in [3.05, 3.63) is 34.1 Å². The molecule has 0 saturated carbocycles. The Morgan fingerprint density at radius 3 is 3.00 bits per heavy atom. The van der Waals surface area contributed by atoms with Gasteiger partial charge < -0.3 is 5.32 Å². The van der Waals surface area contributed by atoms with Crippen LogP contribution in [0.25, 0.3) is 0 Å². The normalized spacial score (nSPS) is 19.9. The molecule has 2 rings (SSSR count). The summed E-state index contributed by atoms with van der Waals surface area (Å²) >= 11 is 3.41. The van der Waals surface area contributed by atoms with Crippen molar-refractivity contribution < 1.29 is 4.39 Å². The Hall–Kier alpha value is -0.450. The van der Waals surface area contributed by atoms with E-state index in [9.17, 15) is 4.39 Å². The third-order valence-electron chi connectivity index (χ3n) is 3.76. The van der Waals surface area contributed by atoms with Crippen LogP contribution in [0.15, 0.2) is 22.7 Å². The molecular weight excluding hydrogens is 307 g/mol. The van der Waals surface area contributed by atoms with Gasteiger partial charge in [0.15, 0.2) is 0 Å². The number of halogens is 2. The Morgan fingerprint density at radius 1 is 1.47 bits per heavy atom. The molecule has 1 fully saturated rings. The summed E-state index contributed by atoms with van der Waals surface area (Å²) in [6.45, 7) is 7.09. The summed E-state index contributed by atoms with van der Waals surface area (Å²) in [7, 11) is 0. The van der Waals surface area contributed by atoms with Gasteiger partial charge in [0.05, 0.1) is 0 Å². The van der Waals surface area contributed by atoms with Crippen molar-refractivity contribution in [1.29, 1.82) is 0 Å². The predicted molar refractivity (Wildman–Crippen MR) is 80.6 cm³/mol. The molecule has 1 aromatic carbocycles. The third-order valence-corrected chi connectivity index (χ3v) is 4.26. The molecule has 0 aliphatic carbocycles. The lowest BCUT2D eigenvalue weighted by molar-refractivity contribution is 0.207. The first-order valence-electron chi connectivity index (χ1n) is 7.06. The average molecular weight is 329 g/mol. The average Bonchev–Trinajstić information content (AvgIpc) is 2.43. The van der Waals surface area contributed by atoms with E-state index in [1.165, 1.54) is 18.9 Å². The highest BCUT2D eigenvalue weighted by Gasteiger charge is 2.17. The number of nitrogens with one attached hydrogen (secondary N) is 1. The van der Waals surface area contributed by atoms with Crippen LogP contribution in [0.5, 0.6) is 0 Å². The van der Waals surface area contributed by atoms with E-state index in [1.54, 1.807) is 6.07 Å². The highest BCUT2D eigenvalue weighted by molar-refractivity contribution is 9.10. The molecule has 19 heavy (non-hydrogen) atoms. The van der Waals surface area contributed by atoms with Gasteiger partial charge in [0, 0.05) is 23.1 Å². The van der Waals surface area contributed by atoms with Gasteiger partial charge in [0.25, 0.3) is 0 Å². The lowest BCUT2D eigenvalue weighted by Gasteiger charge is -2.29. The van der Waals surface area contributed by atoms with Crippen LogP contribution >= 0.6 is 15.9 Å². The molecule has 1 aromatic rings. The molecule has 2 nitrogen and oxygen atoms in total. The molecule has 1 saturated heterocycles. The fourth-order valence-corrected chi connectivity index (χ4v) is 3.06. The molecule has 1 atom stereocenters. The summed E-state index contributed by atoms with van der Waals surface area (Å²) in [4.78, 5) is 2.34. The van der Waals surface area contributed by atoms with Crippen molar-refractivity contribution in [2.24, 2.45) is 5.92 Å². The zero-order valence-electron chi connectivity index (χ0n) is 11.5. The molecule has 0 radical (unpaired) electrons. The number of hydrogen-bond acceptors (Lipinski definition) is 2. The van der Waals surface area contributed by atoms with Crippen LogP contribution in [0.1, 0.15) is 25.3 Å². The Balaban J connectivity index is 1.95. The molecule has 0 spiro atoms. The molecule has 1 aliphatic rings. The van der Waals surface area contributed by atoms with E-state index in [-0.39, 0.29) is 5.82 Å². The molecule has 0 aromatic heterocycles. The van der Waals surface area contributed by atoms with Crippen LogP contribution < -0.4 is 5.32 Å². The summed E-state index contributed by atoms with van der Waals surface area (Å²) in [5, 5.41) is 3.44. The molecular formula is C15H22BrFN2. The Kier molecular flexibility index (Phi) is 5.79. The summed E-state index contributed by atoms with van der Waals surface area (Å²) in [5.41, 5.74) is 0.778. The lowest BCUT2D eigenvalue weighted by atomic mass is 9.99. The fourth-order valence-electron chi connectivity index (χ4n) is 2.66. The number of benzene rings is 1. The number of piperidine rings is 1. The molecule has 0 bridgehead atoms. The second-order valence-electron chi connectivity index (χ2n) is 5.28. The van der Waals surface area contributed by atoms with E-state index in [1.807, 2.05) is 6.07 Å². The summed E-state index contributed by atoms with van der Waals surface area (Å²) in [6.07, 6.45) is 2.54. The Bertz CT molecular complexity index is 405. The van der Waals surface area contributed by atoms with Crippen molar-refractivity contribution in [3.8, 4) is 0 Å². The van der Waals surface area contributed by atoms with Gasteiger partial charge in [-0.1, -0.05) is 22.9 Å². The smallest absolute Gasteiger partial charge is 0.127 e. The zero-order chi connectivity index (χ0) is 13.7. The van der Waals surface area contributed by atoms with E-state index in [0.29, 0.717) is 12.5 Å². The molecule has 1 unspecified atom stereocenters. The van der Waals surface area contributed by atoms with E-state index in [2.05, 4.69) is 33.1 Å². The van der Waals surface area contributed by atoms with Crippen molar-refractivity contribution in [1.82, 2.24) is 10.2 Å². The molecule has 4 heteroatoms. The predicted octanol–water partition coefficient (Wildman–Crippen LogP) is 3.41. The number of hydrogen-bond donors (Lipinski definition) is 1. The molecule has 1 aliphatic heterocycles. The van der Waals surface area contributed by atoms with Crippen LogP contribution in [0.2, 0.25) is 0 Å². The van der Waals surface area contributed by atoms with Crippen molar-refractivity contribution in [2.75, 3.05) is 26.2 Å². The summed E-state index contributed by atoms with van der Waals surface area (Å²) in [6, 6.07) is 5.17. The van der Waals surface area contributed by atoms with E-state index in [0.717, 1.165) is 36.2 Å². The second-order valence-corrected chi connectivity index (χ2v) is 6.19. The molecule has 1 N–H and O–H groups in total. The summed E-state index contributed by atoms with van der Waals surface area (Å²) < 4.78 is 14.7. The quantitative estimate of drug-likeness (QED) is 0.891. The first-order valence-corrected chi connectivity index (χ1v) is 7.85. The number of nitrogens with zero attached hydrogens (tertiary/aromatic N) is 1. The fraction of sp³-hybridized carbons (Fsp3) is 0.600. The Morgan fingerprint density at radius 2 is 2.32 bits per heavy atom. The van der Waals surface area contributed by atoms with Crippen LogP contribution in [0.4, 0.5) is 4.39 Å². The van der Waals surface area contributed by atoms with Crippen molar-refractivity contribution in [3.63, 3.8) is 0 Å². The first-order chi connectivity index (χ1) is 9.19. The largest absolute Gasteiger partial charge is 0.316 e. The molecule has 1 heterocycles. The van der Waals surface area contributed by atoms with Gasteiger partial charge in [-0.2, -0.15) is 0 Å². The van der Waals surface area contributed by atoms with Crippen LogP contribution in [-0.2, 0) is 6.54 Å². The van der Waals surface area contributed by atoms with Gasteiger partial charge in [-0.25, -0.2) is 4.39 Å². The molecule has 0 amide bonds. The first kappa shape index (κ1) is 14.9. The highest BCUT2D eigenvalue weighted by Crippen LogP contribution is 2.19. The van der Waals surface area contributed by atoms with E-state index < -0.39 is 0 Å². The van der Waals surface area contributed by atoms with Gasteiger partial charge >= 0.3 is 0 Å². The third kappa shape index (κ3) is 4.55. The SMILES string of the molecule is CCN(Cc1cc(Br)ccc1F)CC1CCCNC1. The highest BCUT2D eigenvalue weighted by atomic mass is 79.9. The standard InChI is InChI=1S/C15H22BrFN2/c1-2-19(10-12-4-3-7-18-9-12)11-13-8-14(16)5-6-15(13)17/h5-6,8,12,18H,2-4,7,9-11H2,1H3. The van der Waals surface area contributed by atoms with Gasteiger partial charge in [-0.15, -0.1) is 0 Å². The van der Waals surface area contributed by atoms with Gasteiger partial charge in [-0.3, -0.25) is 4.90 Å². The van der Waals surface area contributed by atoms with Crippen LogP contribution in [0.3, 0.4) is 0 Å². The Labute approximate surface area is 123 Å². The van der Waals surface area contributed by atoms with Crippen LogP contribution in [-0.4, -0.2) is 31.1 Å².